The van der Waals surface area contributed by atoms with Crippen molar-refractivity contribution in [1.82, 2.24) is 15.5 Å². The zero-order chi connectivity index (χ0) is 11.3. The number of rotatable bonds is 5. The van der Waals surface area contributed by atoms with Gasteiger partial charge in [-0.05, 0) is 13.8 Å². The summed E-state index contributed by atoms with van der Waals surface area (Å²) >= 11 is 0. The van der Waals surface area contributed by atoms with E-state index >= 15 is 0 Å². The van der Waals surface area contributed by atoms with Gasteiger partial charge in [0, 0.05) is 26.2 Å². The van der Waals surface area contributed by atoms with Crippen LogP contribution >= 0.6 is 0 Å². The van der Waals surface area contributed by atoms with Gasteiger partial charge < -0.3 is 15.5 Å². The minimum Gasteiger partial charge on any atom is -0.347 e. The van der Waals surface area contributed by atoms with E-state index in [0.717, 1.165) is 13.1 Å². The maximum atomic E-state index is 11.5. The number of hydrogen-bond acceptors (Lipinski definition) is 3. The van der Waals surface area contributed by atoms with Gasteiger partial charge in [0.1, 0.15) is 0 Å². The first-order valence-electron chi connectivity index (χ1n) is 5.45. The molecule has 1 fully saturated rings. The average molecular weight is 213 g/mol. The topological polar surface area (TPSA) is 61.4 Å². The van der Waals surface area contributed by atoms with Crippen molar-refractivity contribution in [2.45, 2.75) is 13.8 Å². The Hall–Kier alpha value is -1.10. The lowest BCUT2D eigenvalue weighted by molar-refractivity contribution is -0.134. The minimum atomic E-state index is -0.0192. The summed E-state index contributed by atoms with van der Waals surface area (Å²) in [5.41, 5.74) is 0. The van der Waals surface area contributed by atoms with Gasteiger partial charge >= 0.3 is 0 Å². The number of nitrogens with zero attached hydrogens (tertiary/aromatic N) is 1. The molecule has 0 aromatic carbocycles. The third-order valence-electron chi connectivity index (χ3n) is 2.68. The third kappa shape index (κ3) is 3.20. The molecule has 5 heteroatoms. The van der Waals surface area contributed by atoms with Crippen LogP contribution in [0, 0.1) is 5.92 Å². The fourth-order valence-corrected chi connectivity index (χ4v) is 1.47. The third-order valence-corrected chi connectivity index (χ3v) is 2.68. The summed E-state index contributed by atoms with van der Waals surface area (Å²) in [5, 5.41) is 5.68. The summed E-state index contributed by atoms with van der Waals surface area (Å²) in [7, 11) is 0. The quantitative estimate of drug-likeness (QED) is 0.628. The van der Waals surface area contributed by atoms with Crippen molar-refractivity contribution in [3.05, 3.63) is 0 Å². The fraction of sp³-hybridized carbons (Fsp3) is 0.800. The molecule has 5 nitrogen and oxygen atoms in total. The molecule has 0 aliphatic carbocycles. The molecule has 1 rings (SSSR count). The standard InChI is InChI=1S/C10H19N3O2/c1-3-13(4-2)9(14)7-12-10(15)8-5-11-6-8/h8,11H,3-7H2,1-2H3,(H,12,15). The molecule has 0 bridgehead atoms. The Kier molecular flexibility index (Phi) is 4.55. The molecule has 1 heterocycles. The summed E-state index contributed by atoms with van der Waals surface area (Å²) in [5.74, 6) is 0.0180. The Balaban J connectivity index is 2.23. The summed E-state index contributed by atoms with van der Waals surface area (Å²) < 4.78 is 0. The van der Waals surface area contributed by atoms with Gasteiger partial charge in [0.15, 0.2) is 0 Å². The zero-order valence-corrected chi connectivity index (χ0v) is 9.38. The highest BCUT2D eigenvalue weighted by Gasteiger charge is 2.25. The van der Waals surface area contributed by atoms with Gasteiger partial charge in [-0.2, -0.15) is 0 Å². The van der Waals surface area contributed by atoms with Gasteiger partial charge in [-0.3, -0.25) is 9.59 Å². The van der Waals surface area contributed by atoms with Gasteiger partial charge in [-0.1, -0.05) is 0 Å². The number of amides is 2. The Bertz CT molecular complexity index is 235. The lowest BCUT2D eigenvalue weighted by atomic mass is 10.0. The highest BCUT2D eigenvalue weighted by atomic mass is 16.2. The molecule has 0 saturated carbocycles. The van der Waals surface area contributed by atoms with Crippen LogP contribution in [0.3, 0.4) is 0 Å². The van der Waals surface area contributed by atoms with Gasteiger partial charge in [-0.25, -0.2) is 0 Å². The second-order valence-electron chi connectivity index (χ2n) is 3.64. The lowest BCUT2D eigenvalue weighted by Crippen LogP contribution is -2.52. The van der Waals surface area contributed by atoms with E-state index < -0.39 is 0 Å². The Morgan fingerprint density at radius 1 is 1.33 bits per heavy atom. The van der Waals surface area contributed by atoms with Crippen LogP contribution in [0.25, 0.3) is 0 Å². The summed E-state index contributed by atoms with van der Waals surface area (Å²) in [6.07, 6.45) is 0. The smallest absolute Gasteiger partial charge is 0.241 e. The first-order chi connectivity index (χ1) is 7.19. The number of nitrogens with one attached hydrogen (secondary N) is 2. The molecule has 0 atom stereocenters. The normalized spacial score (nSPS) is 15.6. The highest BCUT2D eigenvalue weighted by molar-refractivity contribution is 5.86. The van der Waals surface area contributed by atoms with Crippen molar-refractivity contribution < 1.29 is 9.59 Å². The van der Waals surface area contributed by atoms with Crippen LogP contribution in [0.2, 0.25) is 0 Å². The van der Waals surface area contributed by atoms with Crippen LogP contribution in [0.5, 0.6) is 0 Å². The molecule has 0 spiro atoms. The van der Waals surface area contributed by atoms with Crippen molar-refractivity contribution in [2.75, 3.05) is 32.7 Å². The van der Waals surface area contributed by atoms with Crippen LogP contribution in [0.15, 0.2) is 0 Å². The van der Waals surface area contributed by atoms with Crippen molar-refractivity contribution in [1.29, 1.82) is 0 Å². The van der Waals surface area contributed by atoms with E-state index in [0.29, 0.717) is 13.1 Å². The molecular formula is C10H19N3O2. The van der Waals surface area contributed by atoms with Crippen LogP contribution in [-0.4, -0.2) is 49.4 Å². The number of carbonyl (C=O) groups is 2. The Morgan fingerprint density at radius 2 is 1.93 bits per heavy atom. The second kappa shape index (κ2) is 5.70. The molecule has 2 N–H and O–H groups in total. The van der Waals surface area contributed by atoms with Crippen molar-refractivity contribution in [3.63, 3.8) is 0 Å². The average Bonchev–Trinajstić information content (AvgIpc) is 2.14. The molecule has 2 amide bonds. The van der Waals surface area contributed by atoms with Crippen LogP contribution < -0.4 is 10.6 Å². The fourth-order valence-electron chi connectivity index (χ4n) is 1.47. The van der Waals surface area contributed by atoms with Gasteiger partial charge in [0.2, 0.25) is 11.8 Å². The predicted molar refractivity (Wildman–Crippen MR) is 57.3 cm³/mol. The summed E-state index contributed by atoms with van der Waals surface area (Å²) in [6, 6.07) is 0. The highest BCUT2D eigenvalue weighted by Crippen LogP contribution is 2.01. The van der Waals surface area contributed by atoms with Crippen LogP contribution in [0.1, 0.15) is 13.8 Å². The van der Waals surface area contributed by atoms with Gasteiger partial charge in [-0.15, -0.1) is 0 Å². The maximum Gasteiger partial charge on any atom is 0.241 e. The van der Waals surface area contributed by atoms with Gasteiger partial charge in [0.25, 0.3) is 0 Å². The van der Waals surface area contributed by atoms with E-state index in [1.54, 1.807) is 4.90 Å². The molecule has 0 aromatic rings. The molecule has 1 aliphatic heterocycles. The largest absolute Gasteiger partial charge is 0.347 e. The van der Waals surface area contributed by atoms with Crippen molar-refractivity contribution >= 4 is 11.8 Å². The molecule has 86 valence electrons. The predicted octanol–water partition coefficient (Wildman–Crippen LogP) is -0.810. The molecule has 0 radical (unpaired) electrons. The van der Waals surface area contributed by atoms with Crippen LogP contribution in [-0.2, 0) is 9.59 Å². The molecular weight excluding hydrogens is 194 g/mol. The second-order valence-corrected chi connectivity index (χ2v) is 3.64. The van der Waals surface area contributed by atoms with E-state index in [1.165, 1.54) is 0 Å². The molecule has 1 saturated heterocycles. The van der Waals surface area contributed by atoms with E-state index in [-0.39, 0.29) is 24.3 Å². The summed E-state index contributed by atoms with van der Waals surface area (Å²) in [6.45, 7) is 6.82. The first kappa shape index (κ1) is 12.0. The summed E-state index contributed by atoms with van der Waals surface area (Å²) in [4.78, 5) is 24.6. The van der Waals surface area contributed by atoms with Crippen molar-refractivity contribution in [3.8, 4) is 0 Å². The minimum absolute atomic E-state index is 0.0133. The zero-order valence-electron chi connectivity index (χ0n) is 9.38. The van der Waals surface area contributed by atoms with E-state index in [9.17, 15) is 9.59 Å². The first-order valence-corrected chi connectivity index (χ1v) is 5.45. The van der Waals surface area contributed by atoms with E-state index in [1.807, 2.05) is 13.8 Å². The number of hydrogen-bond donors (Lipinski definition) is 2. The Morgan fingerprint density at radius 3 is 2.33 bits per heavy atom. The van der Waals surface area contributed by atoms with Crippen molar-refractivity contribution in [2.24, 2.45) is 5.92 Å². The lowest BCUT2D eigenvalue weighted by Gasteiger charge is -2.26. The van der Waals surface area contributed by atoms with E-state index in [2.05, 4.69) is 10.6 Å². The molecule has 0 unspecified atom stereocenters. The Labute approximate surface area is 90.2 Å². The maximum absolute atomic E-state index is 11.5. The van der Waals surface area contributed by atoms with Gasteiger partial charge in [0.05, 0.1) is 12.5 Å². The molecule has 0 aromatic heterocycles. The molecule has 15 heavy (non-hydrogen) atoms. The SMILES string of the molecule is CCN(CC)C(=O)CNC(=O)C1CNC1. The van der Waals surface area contributed by atoms with Crippen LogP contribution in [0.4, 0.5) is 0 Å². The van der Waals surface area contributed by atoms with E-state index in [4.69, 9.17) is 0 Å². The number of likely N-dealkylation sites (N-methyl/N-ethyl adjacent to an activating group) is 1. The number of carbonyl (C=O) groups excluding carboxylic acids is 2. The monoisotopic (exact) mass is 213 g/mol. The molecule has 1 aliphatic rings.